The van der Waals surface area contributed by atoms with Gasteiger partial charge in [0.1, 0.15) is 36.3 Å². The van der Waals surface area contributed by atoms with E-state index < -0.39 is 0 Å². The predicted octanol–water partition coefficient (Wildman–Crippen LogP) is 10.3. The van der Waals surface area contributed by atoms with E-state index in [9.17, 15) is 20.4 Å². The van der Waals surface area contributed by atoms with E-state index in [2.05, 4.69) is 115 Å². The van der Waals surface area contributed by atoms with Crippen molar-refractivity contribution in [2.24, 2.45) is 40.9 Å². The minimum atomic E-state index is 0.0251. The lowest BCUT2D eigenvalue weighted by Crippen LogP contribution is -2.37. The van der Waals surface area contributed by atoms with Gasteiger partial charge in [0.2, 0.25) is 12.7 Å². The Bertz CT molecular complexity index is 3700. The number of hydrogen-bond acceptors (Lipinski definition) is 16. The molecular weight excluding hydrogens is 1210 g/mol. The first-order chi connectivity index (χ1) is 47.2. The number of aryl methyl sites for hydroxylation is 8. The van der Waals surface area contributed by atoms with E-state index >= 15 is 0 Å². The molecule has 0 aliphatic rings. The molecule has 0 spiro atoms. The monoisotopic (exact) mass is 1300 g/mol. The first-order valence-electron chi connectivity index (χ1n) is 32.4. The maximum atomic E-state index is 9.26. The third-order valence-corrected chi connectivity index (χ3v) is 15.5. The van der Waals surface area contributed by atoms with E-state index in [1.54, 1.807) is 14.2 Å². The van der Waals surface area contributed by atoms with Gasteiger partial charge < -0.3 is 39.7 Å². The lowest BCUT2D eigenvalue weighted by molar-refractivity contribution is -0.726. The Hall–Kier alpha value is -10.7. The summed E-state index contributed by atoms with van der Waals surface area (Å²) in [6.07, 6.45) is 33.2. The summed E-state index contributed by atoms with van der Waals surface area (Å²) < 4.78 is 27.9. The fourth-order valence-corrected chi connectivity index (χ4v) is 10.3. The molecule has 10 rings (SSSR count). The van der Waals surface area contributed by atoms with E-state index in [4.69, 9.17) is 9.47 Å². The summed E-state index contributed by atoms with van der Waals surface area (Å²) in [4.78, 5) is 3.84. The number of hydrogen-bond donors (Lipinski definition) is 4. The van der Waals surface area contributed by atoms with Crippen LogP contribution in [0.25, 0.3) is 0 Å². The summed E-state index contributed by atoms with van der Waals surface area (Å²) in [7, 11) is 3.30. The zero-order chi connectivity index (χ0) is 66.8. The number of benzene rings is 4. The van der Waals surface area contributed by atoms with Crippen LogP contribution in [0.4, 0.5) is 56.9 Å². The Kier molecular flexibility index (Phi) is 27.9. The molecule has 24 heteroatoms. The number of rotatable bonds is 36. The van der Waals surface area contributed by atoms with Crippen molar-refractivity contribution in [2.75, 3.05) is 76.6 Å². The van der Waals surface area contributed by atoms with Crippen LogP contribution < -0.4 is 46.7 Å². The fraction of sp³-hybridized carbons (Fsp3) is 0.306. The van der Waals surface area contributed by atoms with Crippen LogP contribution in [0.15, 0.2) is 274 Å². The van der Waals surface area contributed by atoms with Gasteiger partial charge in [-0.1, -0.05) is 0 Å². The van der Waals surface area contributed by atoms with Crippen LogP contribution in [0.2, 0.25) is 0 Å². The Balaban J connectivity index is 0.000000230. The Labute approximate surface area is 560 Å². The Morgan fingerprint density at radius 2 is 0.542 bits per heavy atom. The zero-order valence-corrected chi connectivity index (χ0v) is 54.7. The van der Waals surface area contributed by atoms with Crippen LogP contribution in [0.3, 0.4) is 0 Å². The fourth-order valence-electron chi connectivity index (χ4n) is 10.3. The molecule has 4 aromatic carbocycles. The van der Waals surface area contributed by atoms with Crippen molar-refractivity contribution in [1.82, 2.24) is 9.13 Å². The van der Waals surface area contributed by atoms with E-state index in [0.717, 1.165) is 146 Å². The smallest absolute Gasteiger partial charge is 0.243 e. The molecule has 6 heterocycles. The molecule has 0 saturated carbocycles. The van der Waals surface area contributed by atoms with Crippen molar-refractivity contribution in [3.05, 3.63) is 233 Å². The molecular formula is C72H88N18O6+6. The van der Waals surface area contributed by atoms with Gasteiger partial charge in [-0.25, -0.2) is 36.5 Å². The molecule has 0 fully saturated rings. The quantitative estimate of drug-likeness (QED) is 0.0217. The highest BCUT2D eigenvalue weighted by atomic mass is 16.5. The highest BCUT2D eigenvalue weighted by Crippen LogP contribution is 2.25. The van der Waals surface area contributed by atoms with E-state index in [-0.39, 0.29) is 26.4 Å². The van der Waals surface area contributed by atoms with Gasteiger partial charge in [0.15, 0.2) is 75.8 Å². The van der Waals surface area contributed by atoms with E-state index in [1.165, 1.54) is 0 Å². The van der Waals surface area contributed by atoms with Crippen molar-refractivity contribution in [2.45, 2.75) is 78.0 Å². The van der Waals surface area contributed by atoms with Crippen molar-refractivity contribution in [1.29, 1.82) is 0 Å². The average molecular weight is 1300 g/mol. The number of azo groups is 4. The number of aliphatic hydroxyl groups excluding tert-OH is 4. The van der Waals surface area contributed by atoms with Gasteiger partial charge >= 0.3 is 0 Å². The Morgan fingerprint density at radius 1 is 0.302 bits per heavy atom. The van der Waals surface area contributed by atoms with Gasteiger partial charge in [0, 0.05) is 112 Å². The zero-order valence-electron chi connectivity index (χ0n) is 54.7. The summed E-state index contributed by atoms with van der Waals surface area (Å²) in [5.74, 6) is 1.61. The maximum absolute atomic E-state index is 9.26. The standard InChI is InChI=1S/C39H51N10O4.C33H37N8O2/c50-29-25-48(26-30-51)38-7-3-34(4-8-38)40-42-36-11-19-44(20-12-36)15-1-17-46-23-24-47(33-46)18-2-16-45-21-13-37(14-22-45)43-41-35-5-9-39(10-6-35)49(27-31-52)28-32-53;1-42-32-9-5-28(6-10-32)34-36-30-13-21-38(22-14-30)17-3-19-40-25-26-41(27-40)20-4-18-39-23-15-31(16-24-39)37-35-29-7-11-33(43-2)12-8-29/h3-14,19-24,33,50-53H,1-2,15-18,25-32H2;5-16,21-27H,3-4,17-20H2,1-2H3/q2*+3. The first-order valence-corrected chi connectivity index (χ1v) is 32.4. The summed E-state index contributed by atoms with van der Waals surface area (Å²) in [6.45, 7) is 9.36. The molecule has 10 aromatic rings. The largest absolute Gasteiger partial charge is 0.497 e. The molecule has 0 bridgehead atoms. The van der Waals surface area contributed by atoms with Gasteiger partial charge in [-0.15, -0.1) is 0 Å². The van der Waals surface area contributed by atoms with E-state index in [1.807, 2.05) is 205 Å². The molecule has 0 amide bonds. The minimum Gasteiger partial charge on any atom is -0.497 e. The van der Waals surface area contributed by atoms with Gasteiger partial charge in [-0.05, 0) is 97.1 Å². The second-order valence-electron chi connectivity index (χ2n) is 22.5. The lowest BCUT2D eigenvalue weighted by Gasteiger charge is -2.22. The first kappa shape index (κ1) is 69.7. The van der Waals surface area contributed by atoms with Crippen molar-refractivity contribution in [3.8, 4) is 11.5 Å². The molecule has 0 unspecified atom stereocenters. The number of anilines is 2. The SMILES string of the molecule is COc1ccc(N=Nc2cc[n+](CCCn3cc[n+](CCC[n+]4ccc(N=Nc5ccc(OC)cc5)cc4)c3)cc2)cc1.OCCN(CCO)c1ccc(N=Nc2cc[n+](CCCn3cc[n+](CCC[n+]4ccc(N=Nc5ccc(N(CCO)CCO)cc5)cc4)c3)cc2)cc1. The number of aromatic nitrogens is 8. The minimum absolute atomic E-state index is 0.0251. The number of ether oxygens (including phenoxy) is 2. The Morgan fingerprint density at radius 3 is 0.802 bits per heavy atom. The number of pyridine rings is 4. The topological polar surface area (TPSA) is 238 Å². The van der Waals surface area contributed by atoms with Crippen LogP contribution in [0.1, 0.15) is 25.7 Å². The molecule has 0 atom stereocenters. The van der Waals surface area contributed by atoms with Gasteiger partial charge in [-0.2, -0.15) is 40.9 Å². The molecule has 6 aromatic heterocycles. The normalized spacial score (nSPS) is 11.5. The molecule has 0 aliphatic heterocycles. The van der Waals surface area contributed by atoms with Crippen LogP contribution in [0.5, 0.6) is 11.5 Å². The van der Waals surface area contributed by atoms with Crippen LogP contribution >= 0.6 is 0 Å². The van der Waals surface area contributed by atoms with Crippen LogP contribution in [-0.2, 0) is 52.4 Å². The number of methoxy groups -OCH3 is 2. The number of imidazole rings is 2. The van der Waals surface area contributed by atoms with Gasteiger partial charge in [-0.3, -0.25) is 0 Å². The summed E-state index contributed by atoms with van der Waals surface area (Å²) >= 11 is 0. The molecule has 0 aliphatic carbocycles. The number of nitrogens with zero attached hydrogens (tertiary/aromatic N) is 18. The third-order valence-electron chi connectivity index (χ3n) is 15.5. The summed E-state index contributed by atoms with van der Waals surface area (Å²) in [6, 6.07) is 46.0. The van der Waals surface area contributed by atoms with E-state index in [0.29, 0.717) is 26.2 Å². The molecule has 24 nitrogen and oxygen atoms in total. The van der Waals surface area contributed by atoms with Gasteiger partial charge in [0.25, 0.3) is 0 Å². The second-order valence-corrected chi connectivity index (χ2v) is 22.5. The average Bonchev–Trinajstić information content (AvgIpc) is 2.77. The molecule has 496 valence electrons. The predicted molar refractivity (Wildman–Crippen MR) is 363 cm³/mol. The third kappa shape index (κ3) is 23.4. The van der Waals surface area contributed by atoms with Crippen LogP contribution in [0, 0.1) is 0 Å². The van der Waals surface area contributed by atoms with Crippen LogP contribution in [-0.4, -0.2) is 96.4 Å². The van der Waals surface area contributed by atoms with Crippen molar-refractivity contribution >= 4 is 56.9 Å². The second kappa shape index (κ2) is 38.5. The molecule has 96 heavy (non-hydrogen) atoms. The van der Waals surface area contributed by atoms with Crippen molar-refractivity contribution < 1.29 is 57.3 Å². The summed E-state index contributed by atoms with van der Waals surface area (Å²) in [5.41, 5.74) is 8.09. The highest BCUT2D eigenvalue weighted by Gasteiger charge is 2.13. The maximum Gasteiger partial charge on any atom is 0.243 e. The lowest BCUT2D eigenvalue weighted by atomic mass is 10.2. The molecule has 0 radical (unpaired) electrons. The highest BCUT2D eigenvalue weighted by molar-refractivity contribution is 5.54. The van der Waals surface area contributed by atoms with Gasteiger partial charge in [0.05, 0.1) is 112 Å². The van der Waals surface area contributed by atoms with Crippen molar-refractivity contribution in [3.63, 3.8) is 0 Å². The summed E-state index contributed by atoms with van der Waals surface area (Å²) in [5, 5.41) is 71.7. The molecule has 4 N–H and O–H groups in total. The molecule has 0 saturated heterocycles. The number of aliphatic hydroxyl groups is 4.